The summed E-state index contributed by atoms with van der Waals surface area (Å²) in [4.78, 5) is 28.9. The Labute approximate surface area is 172 Å². The van der Waals surface area contributed by atoms with Gasteiger partial charge >= 0.3 is 0 Å². The molecule has 1 atom stereocenters. The van der Waals surface area contributed by atoms with Crippen molar-refractivity contribution in [2.45, 2.75) is 25.9 Å². The fourth-order valence-corrected chi connectivity index (χ4v) is 4.13. The van der Waals surface area contributed by atoms with E-state index in [9.17, 15) is 9.59 Å². The molecule has 0 N–H and O–H groups in total. The number of benzene rings is 1. The highest BCUT2D eigenvalue weighted by molar-refractivity contribution is 7.99. The molecule has 3 rings (SSSR count). The van der Waals surface area contributed by atoms with Crippen LogP contribution in [0.5, 0.6) is 0 Å². The number of carbonyl (C=O) groups is 2. The standard InChI is InChI=1S/C18H20Cl2N4O2S/c1-11(2)22(3)18(26)16-9-27-10-23(16)17(25)15-6-7-24(21-15)12-4-5-13(19)14(20)8-12/h4-8,11,16H,9-10H2,1-3H3. The average Bonchev–Trinajstić information content (AvgIpc) is 3.31. The lowest BCUT2D eigenvalue weighted by atomic mass is 10.2. The van der Waals surface area contributed by atoms with Crippen LogP contribution < -0.4 is 0 Å². The highest BCUT2D eigenvalue weighted by Gasteiger charge is 2.37. The van der Waals surface area contributed by atoms with Crippen molar-refractivity contribution < 1.29 is 9.59 Å². The third kappa shape index (κ3) is 4.10. The van der Waals surface area contributed by atoms with E-state index < -0.39 is 6.04 Å². The maximum atomic E-state index is 12.9. The summed E-state index contributed by atoms with van der Waals surface area (Å²) in [5, 5.41) is 5.22. The molecule has 1 aliphatic heterocycles. The number of carbonyl (C=O) groups excluding carboxylic acids is 2. The Morgan fingerprint density at radius 2 is 2.00 bits per heavy atom. The summed E-state index contributed by atoms with van der Waals surface area (Å²) >= 11 is 13.6. The number of hydrogen-bond acceptors (Lipinski definition) is 4. The first-order valence-electron chi connectivity index (χ1n) is 8.46. The van der Waals surface area contributed by atoms with Crippen molar-refractivity contribution in [3.05, 3.63) is 46.2 Å². The van der Waals surface area contributed by atoms with Gasteiger partial charge in [0.25, 0.3) is 5.91 Å². The van der Waals surface area contributed by atoms with Crippen LogP contribution in [-0.4, -0.2) is 62.2 Å². The predicted octanol–water partition coefficient (Wildman–Crippen LogP) is 3.56. The minimum atomic E-state index is -0.468. The summed E-state index contributed by atoms with van der Waals surface area (Å²) in [5.41, 5.74) is 0.986. The zero-order valence-corrected chi connectivity index (χ0v) is 17.6. The van der Waals surface area contributed by atoms with Gasteiger partial charge in [-0.25, -0.2) is 4.68 Å². The highest BCUT2D eigenvalue weighted by Crippen LogP contribution is 2.26. The molecule has 0 saturated carbocycles. The van der Waals surface area contributed by atoms with Gasteiger partial charge in [0.05, 0.1) is 21.6 Å². The van der Waals surface area contributed by atoms with Gasteiger partial charge in [0.2, 0.25) is 5.91 Å². The van der Waals surface area contributed by atoms with Gasteiger partial charge in [-0.15, -0.1) is 11.8 Å². The Bertz CT molecular complexity index is 871. The molecule has 1 aromatic carbocycles. The van der Waals surface area contributed by atoms with Crippen molar-refractivity contribution >= 4 is 46.8 Å². The molecule has 0 bridgehead atoms. The molecule has 0 radical (unpaired) electrons. The van der Waals surface area contributed by atoms with Crippen molar-refractivity contribution in [3.63, 3.8) is 0 Å². The van der Waals surface area contributed by atoms with Crippen LogP contribution in [0.1, 0.15) is 24.3 Å². The smallest absolute Gasteiger partial charge is 0.275 e. The molecule has 0 aliphatic carbocycles. The molecule has 2 aromatic rings. The lowest BCUT2D eigenvalue weighted by Crippen LogP contribution is -2.49. The first-order valence-corrected chi connectivity index (χ1v) is 10.4. The second-order valence-corrected chi connectivity index (χ2v) is 8.39. The van der Waals surface area contributed by atoms with Gasteiger partial charge in [0, 0.05) is 25.0 Å². The third-order valence-electron chi connectivity index (χ3n) is 4.53. The van der Waals surface area contributed by atoms with Gasteiger partial charge in [0.1, 0.15) is 6.04 Å². The van der Waals surface area contributed by atoms with Crippen molar-refractivity contribution in [3.8, 4) is 5.69 Å². The second kappa shape index (κ2) is 8.12. The number of amides is 2. The molecule has 6 nitrogen and oxygen atoms in total. The quantitative estimate of drug-likeness (QED) is 0.749. The molecule has 9 heteroatoms. The first kappa shape index (κ1) is 20.0. The van der Waals surface area contributed by atoms with Crippen LogP contribution in [-0.2, 0) is 4.79 Å². The maximum Gasteiger partial charge on any atom is 0.275 e. The number of hydrogen-bond donors (Lipinski definition) is 0. The van der Waals surface area contributed by atoms with Crippen molar-refractivity contribution in [1.29, 1.82) is 0 Å². The van der Waals surface area contributed by atoms with Crippen LogP contribution in [0, 0.1) is 0 Å². The molecule has 1 aromatic heterocycles. The Balaban J connectivity index is 1.80. The molecular weight excluding hydrogens is 407 g/mol. The topological polar surface area (TPSA) is 58.4 Å². The van der Waals surface area contributed by atoms with E-state index in [4.69, 9.17) is 23.2 Å². The lowest BCUT2D eigenvalue weighted by Gasteiger charge is -2.29. The van der Waals surface area contributed by atoms with Crippen molar-refractivity contribution in [2.75, 3.05) is 18.7 Å². The minimum absolute atomic E-state index is 0.0488. The number of aromatic nitrogens is 2. The van der Waals surface area contributed by atoms with Gasteiger partial charge in [-0.05, 0) is 38.1 Å². The van der Waals surface area contributed by atoms with Gasteiger partial charge < -0.3 is 9.80 Å². The number of halogens is 2. The summed E-state index contributed by atoms with van der Waals surface area (Å²) in [6, 6.07) is 6.38. The summed E-state index contributed by atoms with van der Waals surface area (Å²) in [6.07, 6.45) is 1.69. The Morgan fingerprint density at radius 1 is 1.26 bits per heavy atom. The number of thioether (sulfide) groups is 1. The largest absolute Gasteiger partial charge is 0.342 e. The molecule has 0 spiro atoms. The van der Waals surface area contributed by atoms with Crippen LogP contribution in [0.15, 0.2) is 30.5 Å². The van der Waals surface area contributed by atoms with Crippen LogP contribution in [0.3, 0.4) is 0 Å². The minimum Gasteiger partial charge on any atom is -0.342 e. The second-order valence-electron chi connectivity index (χ2n) is 6.58. The zero-order chi connectivity index (χ0) is 19.7. The van der Waals surface area contributed by atoms with Gasteiger partial charge in [-0.1, -0.05) is 23.2 Å². The van der Waals surface area contributed by atoms with E-state index in [1.165, 1.54) is 0 Å². The number of rotatable bonds is 4. The zero-order valence-electron chi connectivity index (χ0n) is 15.2. The molecular formula is C18H20Cl2N4O2S. The van der Waals surface area contributed by atoms with Gasteiger partial charge in [0.15, 0.2) is 5.69 Å². The summed E-state index contributed by atoms with van der Waals surface area (Å²) in [7, 11) is 1.76. The van der Waals surface area contributed by atoms with Crippen LogP contribution in [0.2, 0.25) is 10.0 Å². The van der Waals surface area contributed by atoms with Crippen LogP contribution in [0.4, 0.5) is 0 Å². The predicted molar refractivity (Wildman–Crippen MR) is 109 cm³/mol. The van der Waals surface area contributed by atoms with Crippen molar-refractivity contribution in [2.24, 2.45) is 0 Å². The summed E-state index contributed by atoms with van der Waals surface area (Å²) in [5.74, 6) is 0.761. The van der Waals surface area contributed by atoms with E-state index in [1.54, 1.807) is 63.8 Å². The fourth-order valence-electron chi connectivity index (χ4n) is 2.69. The van der Waals surface area contributed by atoms with E-state index >= 15 is 0 Å². The lowest BCUT2D eigenvalue weighted by molar-refractivity contribution is -0.135. The van der Waals surface area contributed by atoms with Crippen LogP contribution in [0.25, 0.3) is 5.69 Å². The molecule has 1 saturated heterocycles. The monoisotopic (exact) mass is 426 g/mol. The molecule has 144 valence electrons. The van der Waals surface area contributed by atoms with E-state index in [-0.39, 0.29) is 23.6 Å². The van der Waals surface area contributed by atoms with Gasteiger partial charge in [-0.2, -0.15) is 5.10 Å². The van der Waals surface area contributed by atoms with E-state index in [0.29, 0.717) is 27.4 Å². The maximum absolute atomic E-state index is 12.9. The molecule has 1 aliphatic rings. The molecule has 27 heavy (non-hydrogen) atoms. The molecule has 1 unspecified atom stereocenters. The number of likely N-dealkylation sites (N-methyl/N-ethyl adjacent to an activating group) is 1. The average molecular weight is 427 g/mol. The van der Waals surface area contributed by atoms with Crippen LogP contribution >= 0.6 is 35.0 Å². The Kier molecular flexibility index (Phi) is 6.03. The first-order chi connectivity index (χ1) is 12.8. The summed E-state index contributed by atoms with van der Waals surface area (Å²) < 4.78 is 1.57. The van der Waals surface area contributed by atoms with Crippen molar-refractivity contribution in [1.82, 2.24) is 19.6 Å². The number of nitrogens with zero attached hydrogens (tertiary/aromatic N) is 4. The van der Waals surface area contributed by atoms with E-state index in [0.717, 1.165) is 0 Å². The third-order valence-corrected chi connectivity index (χ3v) is 6.28. The van der Waals surface area contributed by atoms with E-state index in [2.05, 4.69) is 5.10 Å². The molecule has 1 fully saturated rings. The Hall–Kier alpha value is -1.70. The highest BCUT2D eigenvalue weighted by atomic mass is 35.5. The SMILES string of the molecule is CC(C)N(C)C(=O)C1CSCN1C(=O)c1ccn(-c2ccc(Cl)c(Cl)c2)n1. The molecule has 2 amide bonds. The van der Waals surface area contributed by atoms with E-state index in [1.807, 2.05) is 13.8 Å². The fraction of sp³-hybridized carbons (Fsp3) is 0.389. The normalized spacial score (nSPS) is 16.8. The van der Waals surface area contributed by atoms with Gasteiger partial charge in [-0.3, -0.25) is 9.59 Å². The summed E-state index contributed by atoms with van der Waals surface area (Å²) in [6.45, 7) is 3.90. The Morgan fingerprint density at radius 3 is 2.67 bits per heavy atom. The molecule has 2 heterocycles.